The number of carbonyl (C=O) groups excluding carboxylic acids is 2. The normalized spacial score (nSPS) is 14.5. The Morgan fingerprint density at radius 2 is 1.68 bits per heavy atom. The van der Waals surface area contributed by atoms with Crippen LogP contribution in [0.5, 0.6) is 5.75 Å². The van der Waals surface area contributed by atoms with Gasteiger partial charge in [-0.25, -0.2) is 0 Å². The molecule has 6 heteroatoms. The van der Waals surface area contributed by atoms with Gasteiger partial charge >= 0.3 is 11.8 Å². The third-order valence-corrected chi connectivity index (χ3v) is 4.42. The molecule has 1 saturated carbocycles. The largest absolute Gasteiger partial charge is 0.497 e. The number of hydrogen-bond acceptors (Lipinski definition) is 3. The van der Waals surface area contributed by atoms with E-state index in [9.17, 15) is 9.59 Å². The molecule has 1 aliphatic rings. The van der Waals surface area contributed by atoms with E-state index < -0.39 is 11.8 Å². The highest BCUT2D eigenvalue weighted by Gasteiger charge is 2.34. The van der Waals surface area contributed by atoms with Crippen molar-refractivity contribution in [3.8, 4) is 5.75 Å². The van der Waals surface area contributed by atoms with Crippen molar-refractivity contribution in [3.63, 3.8) is 0 Å². The number of hydrogen-bond donors (Lipinski definition) is 2. The lowest BCUT2D eigenvalue weighted by Crippen LogP contribution is -2.38. The number of ether oxygens (including phenoxy) is 1. The Kier molecular flexibility index (Phi) is 5.24. The van der Waals surface area contributed by atoms with Crippen LogP contribution in [0, 0.1) is 5.92 Å². The molecule has 0 aliphatic heterocycles. The fraction of sp³-hybridized carbons (Fsp3) is 0.263. The lowest BCUT2D eigenvalue weighted by molar-refractivity contribution is -0.136. The fourth-order valence-corrected chi connectivity index (χ4v) is 2.77. The average molecular weight is 359 g/mol. The third-order valence-electron chi connectivity index (χ3n) is 4.16. The molecular weight excluding hydrogens is 340 g/mol. The number of methoxy groups -OCH3 is 1. The molecule has 0 radical (unpaired) electrons. The van der Waals surface area contributed by atoms with Crippen LogP contribution in [0.15, 0.2) is 48.5 Å². The molecule has 0 saturated heterocycles. The van der Waals surface area contributed by atoms with Crippen molar-refractivity contribution < 1.29 is 14.3 Å². The lowest BCUT2D eigenvalue weighted by Gasteiger charge is -2.18. The van der Waals surface area contributed by atoms with Gasteiger partial charge in [0.1, 0.15) is 5.75 Å². The molecule has 1 unspecified atom stereocenters. The number of carbonyl (C=O) groups is 2. The first-order valence-electron chi connectivity index (χ1n) is 8.08. The third kappa shape index (κ3) is 4.51. The van der Waals surface area contributed by atoms with Crippen LogP contribution in [-0.2, 0) is 9.59 Å². The Morgan fingerprint density at radius 3 is 2.24 bits per heavy atom. The summed E-state index contributed by atoms with van der Waals surface area (Å²) in [6.45, 7) is 0. The first-order chi connectivity index (χ1) is 12.1. The summed E-state index contributed by atoms with van der Waals surface area (Å²) in [5, 5.41) is 6.07. The zero-order valence-electron chi connectivity index (χ0n) is 13.8. The topological polar surface area (TPSA) is 67.4 Å². The highest BCUT2D eigenvalue weighted by molar-refractivity contribution is 6.39. The Bertz CT molecular complexity index is 755. The van der Waals surface area contributed by atoms with Crippen LogP contribution in [0.1, 0.15) is 24.4 Å². The smallest absolute Gasteiger partial charge is 0.313 e. The van der Waals surface area contributed by atoms with Crippen LogP contribution in [0.2, 0.25) is 5.02 Å². The highest BCUT2D eigenvalue weighted by Crippen LogP contribution is 2.41. The molecule has 1 atom stereocenters. The zero-order valence-corrected chi connectivity index (χ0v) is 14.5. The number of benzene rings is 2. The van der Waals surface area contributed by atoms with Gasteiger partial charge in [-0.3, -0.25) is 9.59 Å². The molecule has 0 heterocycles. The molecule has 0 spiro atoms. The summed E-state index contributed by atoms with van der Waals surface area (Å²) < 4.78 is 5.06. The van der Waals surface area contributed by atoms with Gasteiger partial charge in [0.05, 0.1) is 13.2 Å². The molecule has 5 nitrogen and oxygen atoms in total. The number of amides is 2. The van der Waals surface area contributed by atoms with E-state index in [2.05, 4.69) is 10.6 Å². The Labute approximate surface area is 151 Å². The van der Waals surface area contributed by atoms with E-state index in [4.69, 9.17) is 16.3 Å². The average Bonchev–Trinajstić information content (AvgIpc) is 3.46. The maximum Gasteiger partial charge on any atom is 0.313 e. The number of rotatable bonds is 5. The first kappa shape index (κ1) is 17.3. The van der Waals surface area contributed by atoms with Crippen LogP contribution in [0.4, 0.5) is 5.69 Å². The monoisotopic (exact) mass is 358 g/mol. The van der Waals surface area contributed by atoms with Gasteiger partial charge in [0, 0.05) is 10.7 Å². The SMILES string of the molecule is COc1ccc(NC(=O)C(=O)NC(c2ccc(Cl)cc2)C2CC2)cc1. The Morgan fingerprint density at radius 1 is 1.04 bits per heavy atom. The molecule has 0 aromatic heterocycles. The molecule has 1 fully saturated rings. The van der Waals surface area contributed by atoms with E-state index >= 15 is 0 Å². The lowest BCUT2D eigenvalue weighted by atomic mass is 10.0. The summed E-state index contributed by atoms with van der Waals surface area (Å²) >= 11 is 5.92. The number of nitrogens with one attached hydrogen (secondary N) is 2. The summed E-state index contributed by atoms with van der Waals surface area (Å²) in [5.41, 5.74) is 1.49. The molecule has 2 amide bonds. The van der Waals surface area contributed by atoms with Crippen molar-refractivity contribution in [2.75, 3.05) is 12.4 Å². The summed E-state index contributed by atoms with van der Waals surface area (Å²) in [6, 6.07) is 14.0. The summed E-state index contributed by atoms with van der Waals surface area (Å²) in [5.74, 6) is -0.301. The van der Waals surface area contributed by atoms with Gasteiger partial charge in [-0.2, -0.15) is 0 Å². The quantitative estimate of drug-likeness (QED) is 0.803. The van der Waals surface area contributed by atoms with Gasteiger partial charge in [-0.15, -0.1) is 0 Å². The molecule has 25 heavy (non-hydrogen) atoms. The van der Waals surface area contributed by atoms with E-state index in [0.717, 1.165) is 18.4 Å². The predicted octanol–water partition coefficient (Wildman–Crippen LogP) is 3.55. The Balaban J connectivity index is 1.64. The van der Waals surface area contributed by atoms with Crippen molar-refractivity contribution in [1.29, 1.82) is 0 Å². The van der Waals surface area contributed by atoms with Crippen molar-refractivity contribution >= 4 is 29.1 Å². The van der Waals surface area contributed by atoms with E-state index in [1.165, 1.54) is 0 Å². The number of halogens is 1. The van der Waals surface area contributed by atoms with Gasteiger partial charge in [0.25, 0.3) is 0 Å². The van der Waals surface area contributed by atoms with Gasteiger partial charge in [0.15, 0.2) is 0 Å². The van der Waals surface area contributed by atoms with E-state index in [0.29, 0.717) is 22.4 Å². The van der Waals surface area contributed by atoms with Gasteiger partial charge in [-0.05, 0) is 60.7 Å². The van der Waals surface area contributed by atoms with Crippen molar-refractivity contribution in [1.82, 2.24) is 5.32 Å². The van der Waals surface area contributed by atoms with Crippen molar-refractivity contribution in [3.05, 3.63) is 59.1 Å². The summed E-state index contributed by atoms with van der Waals surface area (Å²) in [7, 11) is 1.57. The summed E-state index contributed by atoms with van der Waals surface area (Å²) in [4.78, 5) is 24.4. The second-order valence-electron chi connectivity index (χ2n) is 6.02. The van der Waals surface area contributed by atoms with E-state index in [1.54, 1.807) is 43.5 Å². The minimum absolute atomic E-state index is 0.175. The number of anilines is 1. The zero-order chi connectivity index (χ0) is 17.8. The van der Waals surface area contributed by atoms with E-state index in [1.807, 2.05) is 12.1 Å². The van der Waals surface area contributed by atoms with Crippen LogP contribution < -0.4 is 15.4 Å². The molecule has 0 bridgehead atoms. The molecule has 1 aliphatic carbocycles. The summed E-state index contributed by atoms with van der Waals surface area (Å²) in [6.07, 6.45) is 2.07. The second kappa shape index (κ2) is 7.57. The van der Waals surface area contributed by atoms with Gasteiger partial charge in [-0.1, -0.05) is 23.7 Å². The Hall–Kier alpha value is -2.53. The minimum atomic E-state index is -0.690. The molecule has 2 N–H and O–H groups in total. The van der Waals surface area contributed by atoms with E-state index in [-0.39, 0.29) is 6.04 Å². The molecular formula is C19H19ClN2O3. The molecule has 3 rings (SSSR count). The van der Waals surface area contributed by atoms with Crippen LogP contribution >= 0.6 is 11.6 Å². The predicted molar refractivity (Wildman–Crippen MR) is 96.7 cm³/mol. The second-order valence-corrected chi connectivity index (χ2v) is 6.46. The van der Waals surface area contributed by atoms with Crippen LogP contribution in [0.3, 0.4) is 0 Å². The highest BCUT2D eigenvalue weighted by atomic mass is 35.5. The maximum atomic E-state index is 12.3. The van der Waals surface area contributed by atoms with Crippen LogP contribution in [0.25, 0.3) is 0 Å². The van der Waals surface area contributed by atoms with Crippen LogP contribution in [-0.4, -0.2) is 18.9 Å². The van der Waals surface area contributed by atoms with Crippen molar-refractivity contribution in [2.24, 2.45) is 5.92 Å². The molecule has 130 valence electrons. The van der Waals surface area contributed by atoms with Gasteiger partial charge < -0.3 is 15.4 Å². The van der Waals surface area contributed by atoms with Gasteiger partial charge in [0.2, 0.25) is 0 Å². The maximum absolute atomic E-state index is 12.3. The fourth-order valence-electron chi connectivity index (χ4n) is 2.64. The minimum Gasteiger partial charge on any atom is -0.497 e. The molecule has 2 aromatic carbocycles. The first-order valence-corrected chi connectivity index (χ1v) is 8.46. The van der Waals surface area contributed by atoms with Crippen molar-refractivity contribution in [2.45, 2.75) is 18.9 Å². The standard InChI is InChI=1S/C19H19ClN2O3/c1-25-16-10-8-15(9-11-16)21-18(23)19(24)22-17(12-2-3-12)13-4-6-14(20)7-5-13/h4-12,17H,2-3H2,1H3,(H,21,23)(H,22,24). The molecule has 2 aromatic rings.